The first-order valence-corrected chi connectivity index (χ1v) is 8.01. The normalized spacial score (nSPS) is 10.3. The van der Waals surface area contributed by atoms with E-state index >= 15 is 0 Å². The Morgan fingerprint density at radius 1 is 0.960 bits per heavy atom. The molecule has 6 heteroatoms. The predicted octanol–water partition coefficient (Wildman–Crippen LogP) is 2.97. The molecule has 0 aliphatic carbocycles. The second kappa shape index (κ2) is 8.01. The molecule has 0 unspecified atom stereocenters. The molecule has 126 valence electrons. The van der Waals surface area contributed by atoms with Gasteiger partial charge in [-0.15, -0.1) is 10.2 Å². The minimum Gasteiger partial charge on any atom is -0.364 e. The van der Waals surface area contributed by atoms with E-state index in [0.29, 0.717) is 24.6 Å². The number of amides is 1. The Hall–Kier alpha value is -3.28. The number of aromatic nitrogens is 3. The van der Waals surface area contributed by atoms with Crippen molar-refractivity contribution in [1.82, 2.24) is 15.2 Å². The van der Waals surface area contributed by atoms with E-state index in [1.54, 1.807) is 24.5 Å². The molecular weight excluding hydrogens is 314 g/mol. The Kier molecular flexibility index (Phi) is 5.31. The van der Waals surface area contributed by atoms with Crippen LogP contribution in [0.25, 0.3) is 0 Å². The van der Waals surface area contributed by atoms with Gasteiger partial charge in [-0.05, 0) is 36.2 Å². The molecule has 0 radical (unpaired) electrons. The molecule has 6 nitrogen and oxygen atoms in total. The van der Waals surface area contributed by atoms with Gasteiger partial charge < -0.3 is 10.6 Å². The maximum atomic E-state index is 12.1. The number of aryl methyl sites for hydroxylation is 1. The Bertz CT molecular complexity index is 817. The third kappa shape index (κ3) is 5.10. The molecule has 2 heterocycles. The van der Waals surface area contributed by atoms with Crippen LogP contribution >= 0.6 is 0 Å². The van der Waals surface area contributed by atoms with Gasteiger partial charge in [0.15, 0.2) is 5.82 Å². The zero-order chi connectivity index (χ0) is 17.5. The SMILES string of the molecule is Cc1ccc(CC(=O)Nc2ccc(NCc3cccnc3)nn2)cc1. The van der Waals surface area contributed by atoms with Crippen LogP contribution in [0.5, 0.6) is 0 Å². The van der Waals surface area contributed by atoms with Crippen molar-refractivity contribution < 1.29 is 4.79 Å². The summed E-state index contributed by atoms with van der Waals surface area (Å²) in [6.07, 6.45) is 3.83. The third-order valence-electron chi connectivity index (χ3n) is 3.61. The average Bonchev–Trinajstić information content (AvgIpc) is 2.64. The summed E-state index contributed by atoms with van der Waals surface area (Å²) in [7, 11) is 0. The highest BCUT2D eigenvalue weighted by atomic mass is 16.1. The molecule has 0 bridgehead atoms. The maximum Gasteiger partial charge on any atom is 0.229 e. The zero-order valence-corrected chi connectivity index (χ0v) is 13.9. The van der Waals surface area contributed by atoms with Crippen LogP contribution in [0.4, 0.5) is 11.6 Å². The fourth-order valence-electron chi connectivity index (χ4n) is 2.27. The van der Waals surface area contributed by atoms with Crippen LogP contribution in [0.3, 0.4) is 0 Å². The molecule has 1 aromatic carbocycles. The standard InChI is InChI=1S/C19H19N5O/c1-14-4-6-15(7-5-14)11-19(25)22-18-9-8-17(23-24-18)21-13-16-3-2-10-20-12-16/h2-10,12H,11,13H2,1H3,(H,21,23)(H,22,24,25). The Morgan fingerprint density at radius 2 is 1.72 bits per heavy atom. The summed E-state index contributed by atoms with van der Waals surface area (Å²) >= 11 is 0. The van der Waals surface area contributed by atoms with Crippen LogP contribution in [0.1, 0.15) is 16.7 Å². The van der Waals surface area contributed by atoms with Gasteiger partial charge >= 0.3 is 0 Å². The number of nitrogens with zero attached hydrogens (tertiary/aromatic N) is 3. The number of hydrogen-bond acceptors (Lipinski definition) is 5. The molecule has 25 heavy (non-hydrogen) atoms. The molecule has 0 spiro atoms. The summed E-state index contributed by atoms with van der Waals surface area (Å²) in [6, 6.07) is 15.3. The molecule has 3 aromatic rings. The highest BCUT2D eigenvalue weighted by Gasteiger charge is 2.06. The number of nitrogens with one attached hydrogen (secondary N) is 2. The van der Waals surface area contributed by atoms with Crippen LogP contribution in [-0.4, -0.2) is 21.1 Å². The van der Waals surface area contributed by atoms with Gasteiger partial charge in [0.05, 0.1) is 6.42 Å². The van der Waals surface area contributed by atoms with Crippen molar-refractivity contribution in [3.05, 3.63) is 77.6 Å². The van der Waals surface area contributed by atoms with Gasteiger partial charge in [-0.1, -0.05) is 35.9 Å². The minimum atomic E-state index is -0.116. The Morgan fingerprint density at radius 3 is 2.40 bits per heavy atom. The summed E-state index contributed by atoms with van der Waals surface area (Å²) in [4.78, 5) is 16.1. The van der Waals surface area contributed by atoms with Gasteiger partial charge in [0.2, 0.25) is 5.91 Å². The summed E-state index contributed by atoms with van der Waals surface area (Å²) in [6.45, 7) is 2.63. The number of anilines is 2. The van der Waals surface area contributed by atoms with E-state index < -0.39 is 0 Å². The van der Waals surface area contributed by atoms with Crippen molar-refractivity contribution >= 4 is 17.5 Å². The molecule has 3 rings (SSSR count). The molecular formula is C19H19N5O. The first-order valence-electron chi connectivity index (χ1n) is 8.01. The van der Waals surface area contributed by atoms with Crippen LogP contribution < -0.4 is 10.6 Å². The van der Waals surface area contributed by atoms with Crippen molar-refractivity contribution in [1.29, 1.82) is 0 Å². The predicted molar refractivity (Wildman–Crippen MR) is 97.1 cm³/mol. The van der Waals surface area contributed by atoms with Gasteiger partial charge in [-0.3, -0.25) is 9.78 Å². The molecule has 0 aliphatic rings. The van der Waals surface area contributed by atoms with E-state index in [0.717, 1.165) is 11.1 Å². The lowest BCUT2D eigenvalue weighted by atomic mass is 10.1. The number of benzene rings is 1. The highest BCUT2D eigenvalue weighted by molar-refractivity contribution is 5.91. The summed E-state index contributed by atoms with van der Waals surface area (Å²) in [5, 5.41) is 14.0. The van der Waals surface area contributed by atoms with Crippen molar-refractivity contribution in [2.75, 3.05) is 10.6 Å². The van der Waals surface area contributed by atoms with Crippen molar-refractivity contribution in [3.8, 4) is 0 Å². The third-order valence-corrected chi connectivity index (χ3v) is 3.61. The monoisotopic (exact) mass is 333 g/mol. The first kappa shape index (κ1) is 16.6. The molecule has 0 saturated heterocycles. The van der Waals surface area contributed by atoms with Gasteiger partial charge in [-0.2, -0.15) is 0 Å². The van der Waals surface area contributed by atoms with Gasteiger partial charge in [-0.25, -0.2) is 0 Å². The summed E-state index contributed by atoms with van der Waals surface area (Å²) in [5.74, 6) is 0.957. The van der Waals surface area contributed by atoms with Gasteiger partial charge in [0.1, 0.15) is 5.82 Å². The average molecular weight is 333 g/mol. The van der Waals surface area contributed by atoms with E-state index in [4.69, 9.17) is 0 Å². The second-order valence-electron chi connectivity index (χ2n) is 5.73. The molecule has 1 amide bonds. The summed E-state index contributed by atoms with van der Waals surface area (Å²) in [5.41, 5.74) is 3.19. The van der Waals surface area contributed by atoms with Crippen molar-refractivity contribution in [2.45, 2.75) is 19.9 Å². The fraction of sp³-hybridized carbons (Fsp3) is 0.158. The molecule has 0 fully saturated rings. The minimum absolute atomic E-state index is 0.116. The van der Waals surface area contributed by atoms with E-state index in [2.05, 4.69) is 25.8 Å². The van der Waals surface area contributed by atoms with Crippen molar-refractivity contribution in [2.24, 2.45) is 0 Å². The van der Waals surface area contributed by atoms with Crippen LogP contribution in [0.2, 0.25) is 0 Å². The quantitative estimate of drug-likeness (QED) is 0.725. The lowest BCUT2D eigenvalue weighted by Gasteiger charge is -2.07. The lowest BCUT2D eigenvalue weighted by Crippen LogP contribution is -2.16. The number of pyridine rings is 1. The number of carbonyl (C=O) groups excluding carboxylic acids is 1. The Labute approximate surface area is 146 Å². The van der Waals surface area contributed by atoms with Gasteiger partial charge in [0, 0.05) is 18.9 Å². The summed E-state index contributed by atoms with van der Waals surface area (Å²) < 4.78 is 0. The molecule has 2 aromatic heterocycles. The van der Waals surface area contributed by atoms with Crippen LogP contribution in [-0.2, 0) is 17.8 Å². The number of carbonyl (C=O) groups is 1. The second-order valence-corrected chi connectivity index (χ2v) is 5.73. The van der Waals surface area contributed by atoms with E-state index in [-0.39, 0.29) is 5.91 Å². The van der Waals surface area contributed by atoms with Crippen molar-refractivity contribution in [3.63, 3.8) is 0 Å². The zero-order valence-electron chi connectivity index (χ0n) is 13.9. The first-order chi connectivity index (χ1) is 12.2. The largest absolute Gasteiger partial charge is 0.364 e. The number of hydrogen-bond donors (Lipinski definition) is 2. The lowest BCUT2D eigenvalue weighted by molar-refractivity contribution is -0.115. The van der Waals surface area contributed by atoms with E-state index in [1.807, 2.05) is 43.3 Å². The molecule has 0 aliphatic heterocycles. The van der Waals surface area contributed by atoms with Crippen LogP contribution in [0.15, 0.2) is 60.9 Å². The van der Waals surface area contributed by atoms with Gasteiger partial charge in [0.25, 0.3) is 0 Å². The van der Waals surface area contributed by atoms with Crippen LogP contribution in [0, 0.1) is 6.92 Å². The fourth-order valence-corrected chi connectivity index (χ4v) is 2.27. The molecule has 0 saturated carbocycles. The number of rotatable bonds is 6. The molecule has 2 N–H and O–H groups in total. The highest BCUT2D eigenvalue weighted by Crippen LogP contribution is 2.09. The maximum absolute atomic E-state index is 12.1. The topological polar surface area (TPSA) is 79.8 Å². The Balaban J connectivity index is 1.51. The smallest absolute Gasteiger partial charge is 0.229 e. The van der Waals surface area contributed by atoms with E-state index in [9.17, 15) is 4.79 Å². The van der Waals surface area contributed by atoms with E-state index in [1.165, 1.54) is 5.56 Å². The molecule has 0 atom stereocenters.